The lowest BCUT2D eigenvalue weighted by molar-refractivity contribution is -0.114. The van der Waals surface area contributed by atoms with Crippen LogP contribution in [-0.2, 0) is 4.79 Å². The predicted octanol–water partition coefficient (Wildman–Crippen LogP) is 3.14. The number of benzene rings is 2. The van der Waals surface area contributed by atoms with Gasteiger partial charge in [0.2, 0.25) is 5.91 Å². The number of carbonyl (C=O) groups is 1. The highest BCUT2D eigenvalue weighted by molar-refractivity contribution is 5.93. The van der Waals surface area contributed by atoms with Crippen LogP contribution in [0, 0.1) is 0 Å². The first kappa shape index (κ1) is 15.7. The van der Waals surface area contributed by atoms with Crippen LogP contribution in [-0.4, -0.2) is 26.2 Å². The molecular weight excluding hydrogens is 280 g/mol. The van der Waals surface area contributed by atoms with Gasteiger partial charge in [-0.1, -0.05) is 6.07 Å². The normalized spacial score (nSPS) is 9.91. The maximum absolute atomic E-state index is 11.9. The predicted molar refractivity (Wildman–Crippen MR) is 87.7 cm³/mol. The number of carbonyl (C=O) groups excluding carboxylic acids is 1. The van der Waals surface area contributed by atoms with E-state index in [1.807, 2.05) is 49.4 Å². The van der Waals surface area contributed by atoms with E-state index in [-0.39, 0.29) is 12.5 Å². The minimum Gasteiger partial charge on any atom is -0.497 e. The van der Waals surface area contributed by atoms with Crippen LogP contribution in [0.15, 0.2) is 48.5 Å². The Balaban J connectivity index is 1.85. The van der Waals surface area contributed by atoms with Gasteiger partial charge < -0.3 is 20.1 Å². The van der Waals surface area contributed by atoms with E-state index in [2.05, 4.69) is 10.6 Å². The summed E-state index contributed by atoms with van der Waals surface area (Å²) in [6.07, 6.45) is 0. The number of anilines is 2. The topological polar surface area (TPSA) is 59.6 Å². The summed E-state index contributed by atoms with van der Waals surface area (Å²) in [6.45, 7) is 2.70. The number of rotatable bonds is 7. The van der Waals surface area contributed by atoms with Gasteiger partial charge in [0.05, 0.1) is 20.3 Å². The van der Waals surface area contributed by atoms with Crippen LogP contribution in [0.1, 0.15) is 6.92 Å². The maximum Gasteiger partial charge on any atom is 0.243 e. The van der Waals surface area contributed by atoms with Crippen LogP contribution >= 0.6 is 0 Å². The number of hydrogen-bond donors (Lipinski definition) is 2. The van der Waals surface area contributed by atoms with Crippen LogP contribution in [0.4, 0.5) is 11.4 Å². The highest BCUT2D eigenvalue weighted by Crippen LogP contribution is 2.17. The largest absolute Gasteiger partial charge is 0.497 e. The van der Waals surface area contributed by atoms with Crippen molar-refractivity contribution < 1.29 is 14.3 Å². The zero-order valence-corrected chi connectivity index (χ0v) is 12.8. The Bertz CT molecular complexity index is 612. The standard InChI is InChI=1S/C17H20N2O3/c1-3-22-16-6-4-5-14(11-16)19-17(20)12-18-13-7-9-15(21-2)10-8-13/h4-11,18H,3,12H2,1-2H3,(H,19,20). The fraction of sp³-hybridized carbons (Fsp3) is 0.235. The molecule has 2 N–H and O–H groups in total. The van der Waals surface area contributed by atoms with Crippen molar-refractivity contribution in [2.75, 3.05) is 30.9 Å². The Morgan fingerprint density at radius 1 is 1.05 bits per heavy atom. The number of nitrogens with one attached hydrogen (secondary N) is 2. The number of methoxy groups -OCH3 is 1. The molecule has 5 nitrogen and oxygen atoms in total. The van der Waals surface area contributed by atoms with Gasteiger partial charge in [-0.25, -0.2) is 0 Å². The molecule has 0 atom stereocenters. The minimum atomic E-state index is -0.121. The first-order valence-electron chi connectivity index (χ1n) is 7.12. The molecule has 0 aliphatic carbocycles. The van der Waals surface area contributed by atoms with Crippen LogP contribution in [0.3, 0.4) is 0 Å². The molecule has 2 rings (SSSR count). The maximum atomic E-state index is 11.9. The fourth-order valence-electron chi connectivity index (χ4n) is 1.93. The average molecular weight is 300 g/mol. The van der Waals surface area contributed by atoms with Crippen LogP contribution < -0.4 is 20.1 Å². The molecule has 0 heterocycles. The summed E-state index contributed by atoms with van der Waals surface area (Å²) in [5.41, 5.74) is 1.58. The van der Waals surface area contributed by atoms with Gasteiger partial charge >= 0.3 is 0 Å². The SMILES string of the molecule is CCOc1cccc(NC(=O)CNc2ccc(OC)cc2)c1. The second kappa shape index (κ2) is 7.93. The van der Waals surface area contributed by atoms with Gasteiger partial charge in [-0.2, -0.15) is 0 Å². The lowest BCUT2D eigenvalue weighted by atomic mass is 10.3. The highest BCUT2D eigenvalue weighted by Gasteiger charge is 2.03. The quantitative estimate of drug-likeness (QED) is 0.824. The third kappa shape index (κ3) is 4.70. The van der Waals surface area contributed by atoms with Gasteiger partial charge in [-0.05, 0) is 43.3 Å². The van der Waals surface area contributed by atoms with Crippen molar-refractivity contribution >= 4 is 17.3 Å². The van der Waals surface area contributed by atoms with Crippen molar-refractivity contribution in [2.24, 2.45) is 0 Å². The molecule has 0 spiro atoms. The first-order valence-corrected chi connectivity index (χ1v) is 7.12. The molecule has 0 radical (unpaired) electrons. The van der Waals surface area contributed by atoms with E-state index in [1.165, 1.54) is 0 Å². The lowest BCUT2D eigenvalue weighted by Crippen LogP contribution is -2.21. The summed E-state index contributed by atoms with van der Waals surface area (Å²) >= 11 is 0. The molecule has 0 unspecified atom stereocenters. The Morgan fingerprint density at radius 2 is 1.82 bits per heavy atom. The van der Waals surface area contributed by atoms with Crippen LogP contribution in [0.2, 0.25) is 0 Å². The molecule has 116 valence electrons. The van der Waals surface area contributed by atoms with Gasteiger partial charge in [-0.15, -0.1) is 0 Å². The molecule has 22 heavy (non-hydrogen) atoms. The van der Waals surface area contributed by atoms with E-state index in [9.17, 15) is 4.79 Å². The number of ether oxygens (including phenoxy) is 2. The molecule has 1 amide bonds. The van der Waals surface area contributed by atoms with Crippen molar-refractivity contribution in [3.63, 3.8) is 0 Å². The van der Waals surface area contributed by atoms with Crippen molar-refractivity contribution in [1.82, 2.24) is 0 Å². The molecule has 0 saturated heterocycles. The summed E-state index contributed by atoms with van der Waals surface area (Å²) in [7, 11) is 1.62. The van der Waals surface area contributed by atoms with E-state index in [0.717, 1.165) is 17.2 Å². The third-order valence-electron chi connectivity index (χ3n) is 2.97. The fourth-order valence-corrected chi connectivity index (χ4v) is 1.93. The Kier molecular flexibility index (Phi) is 5.65. The van der Waals surface area contributed by atoms with Gasteiger partial charge in [0.15, 0.2) is 0 Å². The van der Waals surface area contributed by atoms with E-state index in [4.69, 9.17) is 9.47 Å². The van der Waals surface area contributed by atoms with Crippen molar-refractivity contribution in [3.05, 3.63) is 48.5 Å². The second-order valence-electron chi connectivity index (χ2n) is 4.59. The zero-order valence-electron chi connectivity index (χ0n) is 12.8. The summed E-state index contributed by atoms with van der Waals surface area (Å²) in [5.74, 6) is 1.40. The Morgan fingerprint density at radius 3 is 2.50 bits per heavy atom. The van der Waals surface area contributed by atoms with Gasteiger partial charge in [0, 0.05) is 17.4 Å². The average Bonchev–Trinajstić information content (AvgIpc) is 2.54. The van der Waals surface area contributed by atoms with Crippen molar-refractivity contribution in [3.8, 4) is 11.5 Å². The monoisotopic (exact) mass is 300 g/mol. The molecule has 0 aliphatic rings. The van der Waals surface area contributed by atoms with Gasteiger partial charge in [0.1, 0.15) is 11.5 Å². The molecule has 0 aliphatic heterocycles. The minimum absolute atomic E-state index is 0.121. The number of amides is 1. The van der Waals surface area contributed by atoms with Gasteiger partial charge in [-0.3, -0.25) is 4.79 Å². The second-order valence-corrected chi connectivity index (χ2v) is 4.59. The van der Waals surface area contributed by atoms with Gasteiger partial charge in [0.25, 0.3) is 0 Å². The summed E-state index contributed by atoms with van der Waals surface area (Å²) in [4.78, 5) is 11.9. The van der Waals surface area contributed by atoms with E-state index < -0.39 is 0 Å². The number of hydrogen-bond acceptors (Lipinski definition) is 4. The molecule has 0 saturated carbocycles. The van der Waals surface area contributed by atoms with E-state index >= 15 is 0 Å². The molecule has 2 aromatic rings. The van der Waals surface area contributed by atoms with E-state index in [0.29, 0.717) is 12.3 Å². The first-order chi connectivity index (χ1) is 10.7. The summed E-state index contributed by atoms with van der Waals surface area (Å²) < 4.78 is 10.5. The molecule has 5 heteroatoms. The van der Waals surface area contributed by atoms with Crippen molar-refractivity contribution in [1.29, 1.82) is 0 Å². The molecule has 0 aromatic heterocycles. The zero-order chi connectivity index (χ0) is 15.8. The molecule has 0 bridgehead atoms. The van der Waals surface area contributed by atoms with Crippen molar-refractivity contribution in [2.45, 2.75) is 6.92 Å². The highest BCUT2D eigenvalue weighted by atomic mass is 16.5. The lowest BCUT2D eigenvalue weighted by Gasteiger charge is -2.09. The Hall–Kier alpha value is -2.69. The summed E-state index contributed by atoms with van der Waals surface area (Å²) in [5, 5.41) is 5.88. The van der Waals surface area contributed by atoms with E-state index in [1.54, 1.807) is 13.2 Å². The molecule has 0 fully saturated rings. The molecule has 2 aromatic carbocycles. The summed E-state index contributed by atoms with van der Waals surface area (Å²) in [6, 6.07) is 14.7. The molecular formula is C17H20N2O3. The Labute approximate surface area is 130 Å². The smallest absolute Gasteiger partial charge is 0.243 e. The van der Waals surface area contributed by atoms with Crippen LogP contribution in [0.5, 0.6) is 11.5 Å². The third-order valence-corrected chi connectivity index (χ3v) is 2.97. The van der Waals surface area contributed by atoms with Crippen LogP contribution in [0.25, 0.3) is 0 Å².